The van der Waals surface area contributed by atoms with Gasteiger partial charge in [-0.3, -0.25) is 29.8 Å². The number of fused-ring (bicyclic) bond motifs is 4. The summed E-state index contributed by atoms with van der Waals surface area (Å²) >= 11 is 0. The Morgan fingerprint density at radius 1 is 0.688 bits per heavy atom. The Morgan fingerprint density at radius 3 is 1.50 bits per heavy atom. The maximum Gasteiger partial charge on any atom is 0.293 e. The second-order valence-corrected chi connectivity index (χ2v) is 11.5. The summed E-state index contributed by atoms with van der Waals surface area (Å²) < 4.78 is 0. The van der Waals surface area contributed by atoms with Crippen molar-refractivity contribution in [2.75, 3.05) is 43.9 Å². The van der Waals surface area contributed by atoms with E-state index in [1.807, 2.05) is 7.05 Å². The van der Waals surface area contributed by atoms with Gasteiger partial charge in [0, 0.05) is 47.4 Å². The molecule has 0 bridgehead atoms. The number of aromatic nitrogens is 2. The summed E-state index contributed by atoms with van der Waals surface area (Å²) in [7, 11) is 1.95. The molecule has 0 fully saturated rings. The molecule has 15 heteroatoms. The maximum atomic E-state index is 13.4. The summed E-state index contributed by atoms with van der Waals surface area (Å²) in [6.07, 6.45) is 1.38. The predicted octanol–water partition coefficient (Wildman–Crippen LogP) is 5.14. The van der Waals surface area contributed by atoms with Gasteiger partial charge in [-0.15, -0.1) is 0 Å². The number of nitrogens with one attached hydrogen (secondary N) is 4. The minimum Gasteiger partial charge on any atom is -0.508 e. The molecule has 15 nitrogen and oxygen atoms in total. The van der Waals surface area contributed by atoms with Gasteiger partial charge in [-0.1, -0.05) is 0 Å². The molecule has 2 heterocycles. The largest absolute Gasteiger partial charge is 0.508 e. The van der Waals surface area contributed by atoms with E-state index >= 15 is 0 Å². The van der Waals surface area contributed by atoms with Crippen molar-refractivity contribution in [1.29, 1.82) is 0 Å². The lowest BCUT2D eigenvalue weighted by molar-refractivity contribution is -0.383. The van der Waals surface area contributed by atoms with Gasteiger partial charge in [0.2, 0.25) is 0 Å². The molecule has 246 valence electrons. The van der Waals surface area contributed by atoms with Crippen molar-refractivity contribution in [1.82, 2.24) is 14.9 Å². The SMILES string of the molecule is CN(CCCNc1ccc([N+](=O)[O-])c2[nH]c3ccc(O)cc3c(=O)c12)CCCNc1ccc([N+](=O)[O-])c2[nH]c3ccc(O)cc3c(=O)c12. The molecule has 0 unspecified atom stereocenters. The highest BCUT2D eigenvalue weighted by atomic mass is 16.6. The van der Waals surface area contributed by atoms with Crippen LogP contribution in [-0.4, -0.2) is 68.2 Å². The van der Waals surface area contributed by atoms with Crippen LogP contribution in [0, 0.1) is 20.2 Å². The zero-order chi connectivity index (χ0) is 34.1. The summed E-state index contributed by atoms with van der Waals surface area (Å²) in [5.41, 5.74) is 0.542. The molecule has 0 radical (unpaired) electrons. The van der Waals surface area contributed by atoms with Gasteiger partial charge in [0.25, 0.3) is 11.4 Å². The summed E-state index contributed by atoms with van der Waals surface area (Å²) in [6, 6.07) is 14.2. The lowest BCUT2D eigenvalue weighted by atomic mass is 10.1. The molecule has 0 atom stereocenters. The van der Waals surface area contributed by atoms with Gasteiger partial charge in [0.05, 0.1) is 31.7 Å². The number of H-pyrrole nitrogens is 2. The fourth-order valence-electron chi connectivity index (χ4n) is 5.96. The monoisotopic (exact) mass is 653 g/mol. The summed E-state index contributed by atoms with van der Waals surface area (Å²) in [5, 5.41) is 50.3. The minimum absolute atomic E-state index is 0.0879. The summed E-state index contributed by atoms with van der Waals surface area (Å²) in [5.74, 6) is -0.176. The molecular weight excluding hydrogens is 622 g/mol. The summed E-state index contributed by atoms with van der Waals surface area (Å²) in [6.45, 7) is 2.35. The number of nitro groups is 2. The number of pyridine rings is 2. The van der Waals surface area contributed by atoms with Crippen LogP contribution in [0.25, 0.3) is 43.6 Å². The van der Waals surface area contributed by atoms with Crippen molar-refractivity contribution in [3.8, 4) is 11.5 Å². The van der Waals surface area contributed by atoms with E-state index < -0.39 is 20.7 Å². The van der Waals surface area contributed by atoms with Crippen LogP contribution in [0.1, 0.15) is 12.8 Å². The molecule has 6 N–H and O–H groups in total. The Bertz CT molecular complexity index is 2210. The second-order valence-electron chi connectivity index (χ2n) is 11.5. The van der Waals surface area contributed by atoms with E-state index in [0.717, 1.165) is 0 Å². The average molecular weight is 654 g/mol. The van der Waals surface area contributed by atoms with Crippen molar-refractivity contribution < 1.29 is 20.1 Å². The Kier molecular flexibility index (Phi) is 8.52. The summed E-state index contributed by atoms with van der Waals surface area (Å²) in [4.78, 5) is 57.1. The van der Waals surface area contributed by atoms with Crippen LogP contribution < -0.4 is 21.5 Å². The van der Waals surface area contributed by atoms with Crippen LogP contribution in [0.15, 0.2) is 70.3 Å². The maximum absolute atomic E-state index is 13.4. The Hall–Kier alpha value is -6.22. The van der Waals surface area contributed by atoms with E-state index in [9.17, 15) is 40.0 Å². The first-order valence-corrected chi connectivity index (χ1v) is 15.1. The van der Waals surface area contributed by atoms with Crippen LogP contribution >= 0.6 is 0 Å². The third kappa shape index (κ3) is 6.01. The van der Waals surface area contributed by atoms with E-state index in [2.05, 4.69) is 25.5 Å². The van der Waals surface area contributed by atoms with E-state index in [0.29, 0.717) is 61.4 Å². The van der Waals surface area contributed by atoms with Gasteiger partial charge in [0.15, 0.2) is 10.9 Å². The smallest absolute Gasteiger partial charge is 0.293 e. The zero-order valence-electron chi connectivity index (χ0n) is 25.7. The molecule has 0 aliphatic carbocycles. The van der Waals surface area contributed by atoms with Crippen LogP contribution in [0.2, 0.25) is 0 Å². The molecule has 48 heavy (non-hydrogen) atoms. The van der Waals surface area contributed by atoms with Crippen molar-refractivity contribution in [3.63, 3.8) is 0 Å². The first-order valence-electron chi connectivity index (χ1n) is 15.1. The van der Waals surface area contributed by atoms with Crippen molar-refractivity contribution in [3.05, 3.63) is 101 Å². The van der Waals surface area contributed by atoms with Crippen molar-refractivity contribution >= 4 is 66.4 Å². The molecule has 0 aliphatic rings. The molecule has 0 saturated carbocycles. The normalized spacial score (nSPS) is 11.5. The third-order valence-electron chi connectivity index (χ3n) is 8.29. The number of nitro benzene ring substituents is 2. The molecule has 0 aliphatic heterocycles. The highest BCUT2D eigenvalue weighted by Gasteiger charge is 2.21. The Morgan fingerprint density at radius 2 is 1.10 bits per heavy atom. The number of benzene rings is 4. The highest BCUT2D eigenvalue weighted by molar-refractivity contribution is 6.04. The van der Waals surface area contributed by atoms with E-state index in [-0.39, 0.29) is 55.5 Å². The minimum atomic E-state index is -0.548. The fourth-order valence-corrected chi connectivity index (χ4v) is 5.96. The number of hydrogen-bond donors (Lipinski definition) is 6. The predicted molar refractivity (Wildman–Crippen MR) is 184 cm³/mol. The van der Waals surface area contributed by atoms with Crippen molar-refractivity contribution in [2.24, 2.45) is 0 Å². The number of nitrogens with zero attached hydrogens (tertiary/aromatic N) is 3. The zero-order valence-corrected chi connectivity index (χ0v) is 25.7. The number of non-ortho nitro benzene ring substituents is 2. The molecule has 6 aromatic rings. The topological polar surface area (TPSA) is 220 Å². The quantitative estimate of drug-likeness (QED) is 0.0439. The molecule has 2 aromatic heterocycles. The first-order chi connectivity index (χ1) is 23.0. The van der Waals surface area contributed by atoms with Gasteiger partial charge in [-0.2, -0.15) is 0 Å². The molecular formula is C33H31N7O8. The second kappa shape index (κ2) is 12.9. The number of phenolic OH excluding ortho intramolecular Hbond substituents is 2. The van der Waals surface area contributed by atoms with Gasteiger partial charge >= 0.3 is 0 Å². The van der Waals surface area contributed by atoms with Crippen molar-refractivity contribution in [2.45, 2.75) is 12.8 Å². The molecule has 0 spiro atoms. The van der Waals surface area contributed by atoms with Crippen LogP contribution in [0.5, 0.6) is 11.5 Å². The van der Waals surface area contributed by atoms with Crippen LogP contribution in [0.3, 0.4) is 0 Å². The molecule has 4 aromatic carbocycles. The first kappa shape index (κ1) is 31.7. The highest BCUT2D eigenvalue weighted by Crippen LogP contribution is 2.32. The van der Waals surface area contributed by atoms with Gasteiger partial charge in [0.1, 0.15) is 22.5 Å². The number of aromatic hydroxyl groups is 2. The van der Waals surface area contributed by atoms with E-state index in [4.69, 9.17) is 0 Å². The standard InChI is InChI=1S/C33H31N7O8/c1-38(14-2-12-34-24-8-10-26(39(45)46)30-28(24)32(43)20-16-18(41)4-6-22(20)36-30)15-3-13-35-25-9-11-27(40(47)48)31-29(25)33(44)21-17-19(42)5-7-23(21)37-31/h4-11,16-17,34-35,41-42H,2-3,12-15H2,1H3,(H,36,43)(H,37,44). The molecule has 6 rings (SSSR count). The van der Waals surface area contributed by atoms with Crippen LogP contribution in [-0.2, 0) is 0 Å². The number of phenols is 2. The van der Waals surface area contributed by atoms with E-state index in [1.54, 1.807) is 0 Å². The number of rotatable bonds is 12. The third-order valence-corrected chi connectivity index (χ3v) is 8.29. The number of aromatic amines is 2. The average Bonchev–Trinajstić information content (AvgIpc) is 3.05. The van der Waals surface area contributed by atoms with Gasteiger partial charge in [-0.05, 0) is 81.5 Å². The Balaban J connectivity index is 1.09. The number of anilines is 2. The molecule has 0 saturated heterocycles. The molecule has 0 amide bonds. The van der Waals surface area contributed by atoms with Gasteiger partial charge in [-0.25, -0.2) is 0 Å². The van der Waals surface area contributed by atoms with E-state index in [1.165, 1.54) is 60.7 Å². The number of hydrogen-bond acceptors (Lipinski definition) is 11. The lowest BCUT2D eigenvalue weighted by Crippen LogP contribution is -2.24. The van der Waals surface area contributed by atoms with Crippen LogP contribution in [0.4, 0.5) is 22.7 Å². The van der Waals surface area contributed by atoms with Gasteiger partial charge < -0.3 is 35.7 Å². The Labute approximate surface area is 270 Å². The fraction of sp³-hybridized carbons (Fsp3) is 0.212. The lowest BCUT2D eigenvalue weighted by Gasteiger charge is -2.18.